The lowest BCUT2D eigenvalue weighted by molar-refractivity contribution is 1.07. The molecule has 5 aromatic rings. The van der Waals surface area contributed by atoms with Crippen molar-refractivity contribution >= 4 is 45.0 Å². The molecule has 3 aromatic carbocycles. The Morgan fingerprint density at radius 3 is 2.38 bits per heavy atom. The van der Waals surface area contributed by atoms with Gasteiger partial charge in [-0.2, -0.15) is 0 Å². The van der Waals surface area contributed by atoms with Gasteiger partial charge in [0.15, 0.2) is 0 Å². The molecule has 0 atom stereocenters. The van der Waals surface area contributed by atoms with Gasteiger partial charge in [-0.25, -0.2) is 4.98 Å². The summed E-state index contributed by atoms with van der Waals surface area (Å²) < 4.78 is 1.69. The average Bonchev–Trinajstić information content (AvgIpc) is 2.98. The van der Waals surface area contributed by atoms with Crippen LogP contribution in [0.4, 0.5) is 0 Å². The number of halogens is 1. The lowest BCUT2D eigenvalue weighted by atomic mass is 10.1. The van der Waals surface area contributed by atoms with Gasteiger partial charge >= 0.3 is 0 Å². The van der Waals surface area contributed by atoms with Gasteiger partial charge in [0, 0.05) is 15.8 Å². The van der Waals surface area contributed by atoms with E-state index < -0.39 is 0 Å². The van der Waals surface area contributed by atoms with E-state index in [1.165, 1.54) is 0 Å². The molecule has 0 amide bonds. The van der Waals surface area contributed by atoms with Crippen LogP contribution in [-0.4, -0.2) is 9.38 Å². The smallest absolute Gasteiger partial charge is 0.266 e. The van der Waals surface area contributed by atoms with Gasteiger partial charge in [0.2, 0.25) is 0 Å². The molecule has 0 aliphatic rings. The molecule has 0 saturated heterocycles. The molecule has 0 saturated carbocycles. The molecule has 0 bridgehead atoms. The zero-order valence-electron chi connectivity index (χ0n) is 13.7. The molecule has 2 aromatic heterocycles. The Morgan fingerprint density at radius 1 is 0.846 bits per heavy atom. The van der Waals surface area contributed by atoms with E-state index in [1.807, 2.05) is 60.7 Å². The summed E-state index contributed by atoms with van der Waals surface area (Å²) in [6, 6.07) is 23.2. The van der Waals surface area contributed by atoms with Crippen LogP contribution >= 0.6 is 11.6 Å². The maximum absolute atomic E-state index is 13.3. The van der Waals surface area contributed by atoms with Crippen molar-refractivity contribution in [2.75, 3.05) is 0 Å². The zero-order chi connectivity index (χ0) is 17.7. The third kappa shape index (κ3) is 2.21. The molecule has 4 heteroatoms. The predicted octanol–water partition coefficient (Wildman–Crippen LogP) is 4.20. The van der Waals surface area contributed by atoms with E-state index in [0.717, 1.165) is 21.7 Å². The van der Waals surface area contributed by atoms with Gasteiger partial charge in [-0.15, -0.1) is 0 Å². The van der Waals surface area contributed by atoms with Gasteiger partial charge in [-0.1, -0.05) is 66.2 Å². The molecular formula is C22H13ClN2O. The number of nitrogens with zero attached hydrogens (tertiary/aromatic N) is 2. The molecule has 2 heterocycles. The van der Waals surface area contributed by atoms with Crippen molar-refractivity contribution < 1.29 is 0 Å². The fourth-order valence-electron chi connectivity index (χ4n) is 3.43. The molecule has 124 valence electrons. The van der Waals surface area contributed by atoms with Crippen molar-refractivity contribution in [3.8, 4) is 0 Å². The van der Waals surface area contributed by atoms with Crippen molar-refractivity contribution in [2.45, 2.75) is 0 Å². The second-order valence-electron chi connectivity index (χ2n) is 6.22. The summed E-state index contributed by atoms with van der Waals surface area (Å²) >= 11 is 6.11. The molecule has 0 radical (unpaired) electrons. The fraction of sp³-hybridized carbons (Fsp3) is 0. The van der Waals surface area contributed by atoms with Gasteiger partial charge in [0.1, 0.15) is 5.65 Å². The minimum absolute atomic E-state index is 0.106. The van der Waals surface area contributed by atoms with Crippen LogP contribution in [0, 0.1) is 0 Å². The largest absolute Gasteiger partial charge is 0.268 e. The molecule has 0 unspecified atom stereocenters. The van der Waals surface area contributed by atoms with Gasteiger partial charge < -0.3 is 0 Å². The molecule has 0 spiro atoms. The number of aromatic nitrogens is 2. The Balaban J connectivity index is 2.06. The highest BCUT2D eigenvalue weighted by molar-refractivity contribution is 6.31. The van der Waals surface area contributed by atoms with Gasteiger partial charge in [0.25, 0.3) is 5.56 Å². The van der Waals surface area contributed by atoms with Crippen molar-refractivity contribution in [1.29, 1.82) is 0 Å². The summed E-state index contributed by atoms with van der Waals surface area (Å²) in [7, 11) is 0. The number of fused-ring (bicyclic) bond motifs is 4. The van der Waals surface area contributed by atoms with Crippen LogP contribution < -0.4 is 10.9 Å². The average molecular weight is 357 g/mol. The summed E-state index contributed by atoms with van der Waals surface area (Å²) in [6.45, 7) is 0. The molecule has 0 aliphatic carbocycles. The quantitative estimate of drug-likeness (QED) is 0.451. The second kappa shape index (κ2) is 5.68. The van der Waals surface area contributed by atoms with Crippen LogP contribution in [-0.2, 0) is 0 Å². The highest BCUT2D eigenvalue weighted by Crippen LogP contribution is 2.20. The first-order valence-electron chi connectivity index (χ1n) is 8.31. The summed E-state index contributed by atoms with van der Waals surface area (Å²) in [6.07, 6.45) is 2.02. The van der Waals surface area contributed by atoms with Gasteiger partial charge in [-0.3, -0.25) is 9.20 Å². The maximum atomic E-state index is 13.3. The highest BCUT2D eigenvalue weighted by atomic mass is 35.5. The number of hydrogen-bond acceptors (Lipinski definition) is 2. The Hall–Kier alpha value is -3.17. The lowest BCUT2D eigenvalue weighted by Gasteiger charge is -2.01. The van der Waals surface area contributed by atoms with Crippen molar-refractivity contribution in [3.05, 3.63) is 99.1 Å². The molecule has 0 fully saturated rings. The van der Waals surface area contributed by atoms with E-state index in [0.29, 0.717) is 21.6 Å². The fourth-order valence-corrected chi connectivity index (χ4v) is 3.61. The minimum Gasteiger partial charge on any atom is -0.268 e. The topological polar surface area (TPSA) is 34.4 Å². The van der Waals surface area contributed by atoms with Crippen LogP contribution in [0.5, 0.6) is 0 Å². The van der Waals surface area contributed by atoms with E-state index in [9.17, 15) is 4.79 Å². The summed E-state index contributed by atoms with van der Waals surface area (Å²) in [5.41, 5.74) is 2.25. The van der Waals surface area contributed by atoms with Crippen LogP contribution in [0.3, 0.4) is 0 Å². The SMILES string of the molecule is O=c1c2cc(Cl)ccc2nc2c3ccccc3/c(=C\c3ccccc3)n12. The molecular weight excluding hydrogens is 344 g/mol. The van der Waals surface area contributed by atoms with E-state index in [2.05, 4.69) is 0 Å². The summed E-state index contributed by atoms with van der Waals surface area (Å²) in [5, 5.41) is 3.85. The molecule has 3 nitrogen and oxygen atoms in total. The zero-order valence-corrected chi connectivity index (χ0v) is 14.4. The van der Waals surface area contributed by atoms with E-state index in [1.54, 1.807) is 22.6 Å². The number of hydrogen-bond donors (Lipinski definition) is 0. The Labute approximate surface area is 153 Å². The number of rotatable bonds is 1. The van der Waals surface area contributed by atoms with Crippen molar-refractivity contribution in [2.24, 2.45) is 0 Å². The first kappa shape index (κ1) is 15.1. The van der Waals surface area contributed by atoms with Crippen molar-refractivity contribution in [3.63, 3.8) is 0 Å². The molecule has 26 heavy (non-hydrogen) atoms. The van der Waals surface area contributed by atoms with E-state index in [-0.39, 0.29) is 5.56 Å². The van der Waals surface area contributed by atoms with Crippen LogP contribution in [0.25, 0.3) is 33.4 Å². The highest BCUT2D eigenvalue weighted by Gasteiger charge is 2.13. The van der Waals surface area contributed by atoms with Gasteiger partial charge in [-0.05, 0) is 29.8 Å². The molecule has 0 N–H and O–H groups in total. The van der Waals surface area contributed by atoms with Crippen LogP contribution in [0.15, 0.2) is 77.6 Å². The third-order valence-corrected chi connectivity index (χ3v) is 4.85. The standard InChI is InChI=1S/C22H13ClN2O/c23-15-10-11-19-18(13-15)22(26)25-20(12-14-6-2-1-3-7-14)16-8-4-5-9-17(16)21(25)24-19/h1-13H/b20-12+. The van der Waals surface area contributed by atoms with Crippen LogP contribution in [0.2, 0.25) is 5.02 Å². The normalized spacial score (nSPS) is 12.4. The minimum atomic E-state index is -0.106. The molecule has 5 rings (SSSR count). The first-order chi connectivity index (χ1) is 12.7. The predicted molar refractivity (Wildman–Crippen MR) is 107 cm³/mol. The molecule has 0 aliphatic heterocycles. The summed E-state index contributed by atoms with van der Waals surface area (Å²) in [5.74, 6) is 0. The maximum Gasteiger partial charge on any atom is 0.266 e. The lowest BCUT2D eigenvalue weighted by Crippen LogP contribution is -2.24. The van der Waals surface area contributed by atoms with Crippen molar-refractivity contribution in [1.82, 2.24) is 9.38 Å². The van der Waals surface area contributed by atoms with E-state index in [4.69, 9.17) is 16.6 Å². The Bertz CT molecular complexity index is 1410. The Kier molecular flexibility index (Phi) is 3.30. The summed E-state index contributed by atoms with van der Waals surface area (Å²) in [4.78, 5) is 18.0. The van der Waals surface area contributed by atoms with Gasteiger partial charge in [0.05, 0.1) is 16.3 Å². The number of benzene rings is 3. The van der Waals surface area contributed by atoms with Crippen LogP contribution in [0.1, 0.15) is 5.56 Å². The second-order valence-corrected chi connectivity index (χ2v) is 6.66. The van der Waals surface area contributed by atoms with E-state index >= 15 is 0 Å². The Morgan fingerprint density at radius 2 is 1.58 bits per heavy atom. The monoisotopic (exact) mass is 356 g/mol. The third-order valence-electron chi connectivity index (χ3n) is 4.62. The first-order valence-corrected chi connectivity index (χ1v) is 8.69.